The van der Waals surface area contributed by atoms with Gasteiger partial charge in [-0.25, -0.2) is 0 Å². The van der Waals surface area contributed by atoms with E-state index in [2.05, 4.69) is 26.0 Å². The molecule has 0 aliphatic carbocycles. The predicted octanol–water partition coefficient (Wildman–Crippen LogP) is 3.31. The molecule has 1 rings (SSSR count). The highest BCUT2D eigenvalue weighted by Crippen LogP contribution is 2.33. The van der Waals surface area contributed by atoms with Crippen molar-refractivity contribution >= 4 is 0 Å². The van der Waals surface area contributed by atoms with Gasteiger partial charge in [0, 0.05) is 0 Å². The summed E-state index contributed by atoms with van der Waals surface area (Å²) in [6.07, 6.45) is 1.55. The van der Waals surface area contributed by atoms with E-state index in [-0.39, 0.29) is 0 Å². The zero-order valence-electron chi connectivity index (χ0n) is 9.59. The monoisotopic (exact) mass is 192 g/mol. The quantitative estimate of drug-likeness (QED) is 0.779. The minimum Gasteiger partial charge on any atom is -0.385 e. The van der Waals surface area contributed by atoms with Gasteiger partial charge < -0.3 is 5.11 Å². The fourth-order valence-corrected chi connectivity index (χ4v) is 2.15. The van der Waals surface area contributed by atoms with Gasteiger partial charge in [-0.1, -0.05) is 32.0 Å². The highest BCUT2D eigenvalue weighted by Gasteiger charge is 2.27. The molecule has 1 aromatic rings. The van der Waals surface area contributed by atoms with Crippen LogP contribution in [-0.2, 0) is 5.60 Å². The Morgan fingerprint density at radius 2 is 1.50 bits per heavy atom. The molecule has 0 aromatic heterocycles. The summed E-state index contributed by atoms with van der Waals surface area (Å²) in [5, 5.41) is 10.5. The van der Waals surface area contributed by atoms with Crippen LogP contribution in [0.1, 0.15) is 43.4 Å². The predicted molar refractivity (Wildman–Crippen MR) is 60.4 cm³/mol. The maximum absolute atomic E-state index is 10.5. The Kier molecular flexibility index (Phi) is 3.33. The molecule has 78 valence electrons. The SMILES string of the molecule is CCC(O)(CC)c1c(C)cccc1C. The summed E-state index contributed by atoms with van der Waals surface area (Å²) < 4.78 is 0. The Balaban J connectivity index is 3.29. The van der Waals surface area contributed by atoms with Crippen molar-refractivity contribution in [2.75, 3.05) is 0 Å². The molecule has 14 heavy (non-hydrogen) atoms. The van der Waals surface area contributed by atoms with Gasteiger partial charge in [0.2, 0.25) is 0 Å². The lowest BCUT2D eigenvalue weighted by Crippen LogP contribution is -2.25. The van der Waals surface area contributed by atoms with Crippen molar-refractivity contribution in [3.05, 3.63) is 34.9 Å². The van der Waals surface area contributed by atoms with Gasteiger partial charge in [-0.15, -0.1) is 0 Å². The van der Waals surface area contributed by atoms with Crippen molar-refractivity contribution in [1.29, 1.82) is 0 Å². The Morgan fingerprint density at radius 1 is 1.07 bits per heavy atom. The molecular weight excluding hydrogens is 172 g/mol. The topological polar surface area (TPSA) is 20.2 Å². The highest BCUT2D eigenvalue weighted by molar-refractivity contribution is 5.38. The first-order valence-corrected chi connectivity index (χ1v) is 5.34. The van der Waals surface area contributed by atoms with Crippen molar-refractivity contribution < 1.29 is 5.11 Å². The molecule has 0 heterocycles. The van der Waals surface area contributed by atoms with Crippen LogP contribution in [0.3, 0.4) is 0 Å². The van der Waals surface area contributed by atoms with Crippen molar-refractivity contribution in [3.8, 4) is 0 Å². The summed E-state index contributed by atoms with van der Waals surface area (Å²) in [6.45, 7) is 8.21. The fraction of sp³-hybridized carbons (Fsp3) is 0.538. The molecule has 0 bridgehead atoms. The lowest BCUT2D eigenvalue weighted by atomic mass is 9.83. The third-order valence-corrected chi connectivity index (χ3v) is 3.12. The van der Waals surface area contributed by atoms with E-state index in [1.165, 1.54) is 11.1 Å². The van der Waals surface area contributed by atoms with Crippen LogP contribution in [-0.4, -0.2) is 5.11 Å². The van der Waals surface area contributed by atoms with Gasteiger partial charge in [-0.3, -0.25) is 0 Å². The van der Waals surface area contributed by atoms with Crippen LogP contribution in [0.4, 0.5) is 0 Å². The minimum atomic E-state index is -0.643. The normalized spacial score (nSPS) is 11.8. The van der Waals surface area contributed by atoms with E-state index in [4.69, 9.17) is 0 Å². The lowest BCUT2D eigenvalue weighted by molar-refractivity contribution is 0.0271. The summed E-state index contributed by atoms with van der Waals surface area (Å²) in [6, 6.07) is 6.18. The molecule has 1 N–H and O–H groups in total. The average molecular weight is 192 g/mol. The van der Waals surface area contributed by atoms with Crippen molar-refractivity contribution in [2.45, 2.75) is 46.1 Å². The number of aryl methyl sites for hydroxylation is 2. The Bertz CT molecular complexity index is 291. The van der Waals surface area contributed by atoms with E-state index in [1.807, 2.05) is 19.9 Å². The van der Waals surface area contributed by atoms with E-state index in [1.54, 1.807) is 0 Å². The first-order chi connectivity index (χ1) is 6.55. The Hall–Kier alpha value is -0.820. The number of rotatable bonds is 3. The fourth-order valence-electron chi connectivity index (χ4n) is 2.15. The van der Waals surface area contributed by atoms with Crippen LogP contribution in [0, 0.1) is 13.8 Å². The van der Waals surface area contributed by atoms with E-state index >= 15 is 0 Å². The molecule has 1 aromatic carbocycles. The highest BCUT2D eigenvalue weighted by atomic mass is 16.3. The van der Waals surface area contributed by atoms with Crippen molar-refractivity contribution in [1.82, 2.24) is 0 Å². The minimum absolute atomic E-state index is 0.643. The number of hydrogen-bond acceptors (Lipinski definition) is 1. The van der Waals surface area contributed by atoms with Crippen molar-refractivity contribution in [2.24, 2.45) is 0 Å². The lowest BCUT2D eigenvalue weighted by Gasteiger charge is -2.29. The van der Waals surface area contributed by atoms with E-state index < -0.39 is 5.60 Å². The van der Waals surface area contributed by atoms with Crippen LogP contribution in [0.2, 0.25) is 0 Å². The summed E-state index contributed by atoms with van der Waals surface area (Å²) >= 11 is 0. The van der Waals surface area contributed by atoms with Crippen LogP contribution in [0.25, 0.3) is 0 Å². The molecule has 1 nitrogen and oxygen atoms in total. The third-order valence-electron chi connectivity index (χ3n) is 3.12. The first-order valence-electron chi connectivity index (χ1n) is 5.34. The Labute approximate surface area is 86.8 Å². The van der Waals surface area contributed by atoms with Crippen molar-refractivity contribution in [3.63, 3.8) is 0 Å². The van der Waals surface area contributed by atoms with Gasteiger partial charge in [0.05, 0.1) is 5.60 Å². The van der Waals surface area contributed by atoms with E-state index in [0.29, 0.717) is 0 Å². The Morgan fingerprint density at radius 3 is 1.86 bits per heavy atom. The third kappa shape index (κ3) is 1.83. The molecule has 0 amide bonds. The molecule has 0 saturated carbocycles. The summed E-state index contributed by atoms with van der Waals surface area (Å²) in [4.78, 5) is 0. The largest absolute Gasteiger partial charge is 0.385 e. The van der Waals surface area contributed by atoms with Gasteiger partial charge in [0.25, 0.3) is 0 Å². The zero-order chi connectivity index (χ0) is 10.8. The second kappa shape index (κ2) is 4.14. The molecule has 0 atom stereocenters. The molecule has 0 radical (unpaired) electrons. The number of benzene rings is 1. The van der Waals surface area contributed by atoms with Gasteiger partial charge in [0.15, 0.2) is 0 Å². The van der Waals surface area contributed by atoms with Crippen LogP contribution < -0.4 is 0 Å². The maximum atomic E-state index is 10.5. The van der Waals surface area contributed by atoms with E-state index in [9.17, 15) is 5.11 Å². The molecule has 1 heteroatoms. The molecule has 0 spiro atoms. The molecule has 0 unspecified atom stereocenters. The summed E-state index contributed by atoms with van der Waals surface area (Å²) in [5.41, 5.74) is 2.85. The second-order valence-electron chi connectivity index (χ2n) is 4.01. The number of hydrogen-bond donors (Lipinski definition) is 1. The van der Waals surface area contributed by atoms with Crippen LogP contribution in [0.5, 0.6) is 0 Å². The summed E-state index contributed by atoms with van der Waals surface area (Å²) in [5.74, 6) is 0. The molecule has 0 aliphatic heterocycles. The average Bonchev–Trinajstić information content (AvgIpc) is 2.17. The zero-order valence-corrected chi connectivity index (χ0v) is 9.59. The standard InChI is InChI=1S/C13H20O/c1-5-13(14,6-2)12-10(3)8-7-9-11(12)4/h7-9,14H,5-6H2,1-4H3. The molecule has 0 saturated heterocycles. The number of aliphatic hydroxyl groups is 1. The first kappa shape index (κ1) is 11.3. The maximum Gasteiger partial charge on any atom is 0.0896 e. The molecule has 0 fully saturated rings. The van der Waals surface area contributed by atoms with Crippen LogP contribution in [0.15, 0.2) is 18.2 Å². The second-order valence-corrected chi connectivity index (χ2v) is 4.01. The van der Waals surface area contributed by atoms with Crippen LogP contribution >= 0.6 is 0 Å². The van der Waals surface area contributed by atoms with E-state index in [0.717, 1.165) is 18.4 Å². The summed E-state index contributed by atoms with van der Waals surface area (Å²) in [7, 11) is 0. The molecule has 0 aliphatic rings. The van der Waals surface area contributed by atoms with Gasteiger partial charge in [-0.05, 0) is 43.4 Å². The smallest absolute Gasteiger partial charge is 0.0896 e. The van der Waals surface area contributed by atoms with Gasteiger partial charge >= 0.3 is 0 Å². The van der Waals surface area contributed by atoms with Gasteiger partial charge in [0.1, 0.15) is 0 Å². The molecular formula is C13H20O. The van der Waals surface area contributed by atoms with Gasteiger partial charge in [-0.2, -0.15) is 0 Å².